The molecule has 0 bridgehead atoms. The third kappa shape index (κ3) is 7.05. The van der Waals surface area contributed by atoms with E-state index in [-0.39, 0.29) is 23.3 Å². The zero-order chi connectivity index (χ0) is 17.4. The van der Waals surface area contributed by atoms with Gasteiger partial charge in [-0.25, -0.2) is 0 Å². The summed E-state index contributed by atoms with van der Waals surface area (Å²) >= 11 is 11.6. The Morgan fingerprint density at radius 3 is 1.38 bits per heavy atom. The highest BCUT2D eigenvalue weighted by Gasteiger charge is 2.06. The molecule has 2 amide bonds. The highest BCUT2D eigenvalue weighted by molar-refractivity contribution is 8.77. The van der Waals surface area contributed by atoms with Crippen LogP contribution in [0.2, 0.25) is 10.0 Å². The molecule has 2 rings (SSSR count). The number of carbonyl (C=O) groups is 2. The van der Waals surface area contributed by atoms with Crippen molar-refractivity contribution in [3.05, 3.63) is 58.6 Å². The van der Waals surface area contributed by atoms with E-state index in [9.17, 15) is 9.59 Å². The minimum Gasteiger partial charge on any atom is -0.325 e. The second kappa shape index (κ2) is 9.84. The summed E-state index contributed by atoms with van der Waals surface area (Å²) in [5, 5.41) is 6.75. The number of hydrogen-bond donors (Lipinski definition) is 2. The first-order chi connectivity index (χ1) is 11.5. The van der Waals surface area contributed by atoms with E-state index in [0.717, 1.165) is 0 Å². The maximum absolute atomic E-state index is 11.8. The Labute approximate surface area is 158 Å². The van der Waals surface area contributed by atoms with E-state index in [2.05, 4.69) is 10.6 Å². The predicted octanol–water partition coefficient (Wildman–Crippen LogP) is 4.95. The highest BCUT2D eigenvalue weighted by Crippen LogP contribution is 2.22. The molecule has 2 N–H and O–H groups in total. The number of amides is 2. The molecule has 0 heterocycles. The van der Waals surface area contributed by atoms with Crippen molar-refractivity contribution in [1.29, 1.82) is 0 Å². The van der Waals surface area contributed by atoms with Gasteiger partial charge in [-0.05, 0) is 48.5 Å². The van der Waals surface area contributed by atoms with Crippen LogP contribution in [0.5, 0.6) is 0 Å². The van der Waals surface area contributed by atoms with Crippen molar-refractivity contribution in [2.24, 2.45) is 0 Å². The van der Waals surface area contributed by atoms with E-state index in [4.69, 9.17) is 23.2 Å². The van der Waals surface area contributed by atoms with Crippen molar-refractivity contribution in [3.63, 3.8) is 0 Å². The number of halogens is 2. The van der Waals surface area contributed by atoms with Crippen LogP contribution in [0.1, 0.15) is 0 Å². The third-order valence-corrected chi connectivity index (χ3v) is 5.36. The molecule has 24 heavy (non-hydrogen) atoms. The number of anilines is 2. The average molecular weight is 401 g/mol. The van der Waals surface area contributed by atoms with Gasteiger partial charge in [0.15, 0.2) is 0 Å². The largest absolute Gasteiger partial charge is 0.325 e. The van der Waals surface area contributed by atoms with Crippen molar-refractivity contribution in [3.8, 4) is 0 Å². The average Bonchev–Trinajstić information content (AvgIpc) is 2.56. The van der Waals surface area contributed by atoms with Gasteiger partial charge >= 0.3 is 0 Å². The lowest BCUT2D eigenvalue weighted by Crippen LogP contribution is -2.15. The molecule has 0 unspecified atom stereocenters. The molecular weight excluding hydrogens is 387 g/mol. The summed E-state index contributed by atoms with van der Waals surface area (Å²) in [5.41, 5.74) is 1.38. The molecule has 4 nitrogen and oxygen atoms in total. The van der Waals surface area contributed by atoms with Crippen molar-refractivity contribution < 1.29 is 9.59 Å². The summed E-state index contributed by atoms with van der Waals surface area (Å²) < 4.78 is 0. The van der Waals surface area contributed by atoms with E-state index in [0.29, 0.717) is 21.4 Å². The minimum absolute atomic E-state index is 0.132. The Balaban J connectivity index is 1.63. The Morgan fingerprint density at radius 2 is 1.04 bits per heavy atom. The smallest absolute Gasteiger partial charge is 0.235 e. The number of benzene rings is 2. The first kappa shape index (κ1) is 19.0. The van der Waals surface area contributed by atoms with Crippen molar-refractivity contribution in [2.45, 2.75) is 0 Å². The van der Waals surface area contributed by atoms with Crippen LogP contribution in [0.3, 0.4) is 0 Å². The fraction of sp³-hybridized carbons (Fsp3) is 0.125. The highest BCUT2D eigenvalue weighted by atomic mass is 35.5. The molecule has 0 aliphatic carbocycles. The van der Waals surface area contributed by atoms with Crippen molar-refractivity contribution >= 4 is 68.0 Å². The lowest BCUT2D eigenvalue weighted by molar-refractivity contribution is -0.114. The molecule has 126 valence electrons. The van der Waals surface area contributed by atoms with Gasteiger partial charge in [0.1, 0.15) is 0 Å². The lowest BCUT2D eigenvalue weighted by atomic mass is 10.3. The quantitative estimate of drug-likeness (QED) is 0.509. The molecule has 0 saturated carbocycles. The zero-order valence-electron chi connectivity index (χ0n) is 12.4. The van der Waals surface area contributed by atoms with Crippen LogP contribution in [0.25, 0.3) is 0 Å². The van der Waals surface area contributed by atoms with Crippen molar-refractivity contribution in [1.82, 2.24) is 0 Å². The maximum atomic E-state index is 11.8. The normalized spacial score (nSPS) is 10.2. The summed E-state index contributed by atoms with van der Waals surface area (Å²) in [7, 11) is 2.64. The van der Waals surface area contributed by atoms with Gasteiger partial charge in [0.25, 0.3) is 0 Å². The van der Waals surface area contributed by atoms with Crippen molar-refractivity contribution in [2.75, 3.05) is 22.1 Å². The fourth-order valence-electron chi connectivity index (χ4n) is 1.65. The molecule has 2 aromatic rings. The first-order valence-corrected chi connectivity index (χ1v) is 10.1. The number of hydrogen-bond acceptors (Lipinski definition) is 4. The summed E-state index contributed by atoms with van der Waals surface area (Å²) in [4.78, 5) is 23.5. The van der Waals surface area contributed by atoms with E-state index in [1.54, 1.807) is 48.5 Å². The standard InChI is InChI=1S/C16H14Cl2N2O2S2/c17-11-1-5-13(6-2-11)19-15(21)9-23-24-10-16(22)20-14-7-3-12(18)4-8-14/h1-8H,9-10H2,(H,19,21)(H,20,22). The molecule has 0 radical (unpaired) electrons. The third-order valence-electron chi connectivity index (χ3n) is 2.72. The molecule has 0 aliphatic heterocycles. The van der Waals surface area contributed by atoms with Crippen LogP contribution < -0.4 is 10.6 Å². The Morgan fingerprint density at radius 1 is 0.708 bits per heavy atom. The number of nitrogens with one attached hydrogen (secondary N) is 2. The maximum Gasteiger partial charge on any atom is 0.235 e. The molecule has 0 aliphatic rings. The predicted molar refractivity (Wildman–Crippen MR) is 105 cm³/mol. The van der Waals surface area contributed by atoms with Gasteiger partial charge < -0.3 is 10.6 Å². The van der Waals surface area contributed by atoms with E-state index >= 15 is 0 Å². The van der Waals surface area contributed by atoms with Gasteiger partial charge in [-0.3, -0.25) is 9.59 Å². The van der Waals surface area contributed by atoms with Gasteiger partial charge in [-0.2, -0.15) is 0 Å². The van der Waals surface area contributed by atoms with Gasteiger partial charge in [0.2, 0.25) is 11.8 Å². The SMILES string of the molecule is O=C(CSSCC(=O)Nc1ccc(Cl)cc1)Nc1ccc(Cl)cc1. The topological polar surface area (TPSA) is 58.2 Å². The Bertz CT molecular complexity index is 633. The number of carbonyl (C=O) groups excluding carboxylic acids is 2. The lowest BCUT2D eigenvalue weighted by Gasteiger charge is -2.06. The molecular formula is C16H14Cl2N2O2S2. The monoisotopic (exact) mass is 400 g/mol. The first-order valence-electron chi connectivity index (χ1n) is 6.88. The molecule has 0 spiro atoms. The molecule has 2 aromatic carbocycles. The molecule has 0 atom stereocenters. The van der Waals surface area contributed by atoms with Crippen LogP contribution in [0.4, 0.5) is 11.4 Å². The Kier molecular flexibility index (Phi) is 7.78. The fourth-order valence-corrected chi connectivity index (χ4v) is 3.57. The van der Waals surface area contributed by atoms with Gasteiger partial charge in [-0.1, -0.05) is 44.8 Å². The van der Waals surface area contributed by atoms with Crippen LogP contribution in [-0.2, 0) is 9.59 Å². The summed E-state index contributed by atoms with van der Waals surface area (Å²) in [6.45, 7) is 0. The van der Waals surface area contributed by atoms with Crippen LogP contribution in [0.15, 0.2) is 48.5 Å². The van der Waals surface area contributed by atoms with Gasteiger partial charge in [-0.15, -0.1) is 0 Å². The van der Waals surface area contributed by atoms with E-state index in [1.165, 1.54) is 21.6 Å². The van der Waals surface area contributed by atoms with Gasteiger partial charge in [0, 0.05) is 21.4 Å². The molecule has 8 heteroatoms. The molecule has 0 fully saturated rings. The zero-order valence-corrected chi connectivity index (χ0v) is 15.6. The van der Waals surface area contributed by atoms with E-state index in [1.807, 2.05) is 0 Å². The second-order valence-corrected chi connectivity index (χ2v) is 7.97. The van der Waals surface area contributed by atoms with E-state index < -0.39 is 0 Å². The van der Waals surface area contributed by atoms with Crippen LogP contribution >= 0.6 is 44.8 Å². The second-order valence-electron chi connectivity index (χ2n) is 4.63. The van der Waals surface area contributed by atoms with Gasteiger partial charge in [0.05, 0.1) is 11.5 Å². The molecule has 0 saturated heterocycles. The summed E-state index contributed by atoms with van der Waals surface area (Å²) in [6.07, 6.45) is 0. The van der Waals surface area contributed by atoms with Crippen LogP contribution in [0, 0.1) is 0 Å². The molecule has 0 aromatic heterocycles. The summed E-state index contributed by atoms with van der Waals surface area (Å²) in [6, 6.07) is 13.8. The van der Waals surface area contributed by atoms with Crippen LogP contribution in [-0.4, -0.2) is 23.3 Å². The Hall–Kier alpha value is -1.34. The minimum atomic E-state index is -0.132. The number of rotatable bonds is 7. The summed E-state index contributed by atoms with van der Waals surface area (Å²) in [5.74, 6) is 0.240.